The number of ether oxygens (including phenoxy) is 6. The van der Waals surface area contributed by atoms with E-state index < -0.39 is 0 Å². The molecular weight excluding hydrogens is 548 g/mol. The smallest absolute Gasteiger partial charge is 0.254 e. The average molecular weight is 591 g/mol. The lowest BCUT2D eigenvalue weighted by molar-refractivity contribution is 0.0129. The summed E-state index contributed by atoms with van der Waals surface area (Å²) < 4.78 is 34.0. The maximum Gasteiger partial charge on any atom is 0.254 e. The summed E-state index contributed by atoms with van der Waals surface area (Å²) in [5, 5.41) is 3.46. The summed E-state index contributed by atoms with van der Waals surface area (Å²) in [4.78, 5) is 15.7. The molecule has 3 aromatic rings. The SMILES string of the molecule is COCCCOc1cc(C(=O)N(C[C@@H]2CNC[C@H]2OCc2cccc(-c3ccc4c(c3)OCO4)c2)C(C)C)ccc1OC. The van der Waals surface area contributed by atoms with Crippen LogP contribution >= 0.6 is 0 Å². The lowest BCUT2D eigenvalue weighted by Crippen LogP contribution is -2.43. The predicted octanol–water partition coefficient (Wildman–Crippen LogP) is 5.16. The van der Waals surface area contributed by atoms with Gasteiger partial charge in [-0.3, -0.25) is 4.79 Å². The Balaban J connectivity index is 1.22. The summed E-state index contributed by atoms with van der Waals surface area (Å²) in [6, 6.07) is 19.7. The van der Waals surface area contributed by atoms with Crippen LogP contribution in [0.3, 0.4) is 0 Å². The molecule has 1 fully saturated rings. The van der Waals surface area contributed by atoms with Gasteiger partial charge in [0.25, 0.3) is 5.91 Å². The molecular formula is C34H42N2O7. The van der Waals surface area contributed by atoms with E-state index in [4.69, 9.17) is 28.4 Å². The van der Waals surface area contributed by atoms with Crippen molar-refractivity contribution in [3.05, 3.63) is 71.8 Å². The highest BCUT2D eigenvalue weighted by Crippen LogP contribution is 2.36. The first kappa shape index (κ1) is 30.7. The molecule has 2 atom stereocenters. The number of amides is 1. The van der Waals surface area contributed by atoms with Gasteiger partial charge in [-0.15, -0.1) is 0 Å². The molecule has 2 heterocycles. The second kappa shape index (κ2) is 14.6. The molecule has 9 nitrogen and oxygen atoms in total. The highest BCUT2D eigenvalue weighted by molar-refractivity contribution is 5.95. The van der Waals surface area contributed by atoms with E-state index in [1.54, 1.807) is 32.4 Å². The molecule has 0 bridgehead atoms. The zero-order valence-corrected chi connectivity index (χ0v) is 25.5. The highest BCUT2D eigenvalue weighted by atomic mass is 16.7. The molecule has 0 spiro atoms. The largest absolute Gasteiger partial charge is 0.493 e. The van der Waals surface area contributed by atoms with Gasteiger partial charge in [-0.2, -0.15) is 0 Å². The number of hydrogen-bond donors (Lipinski definition) is 1. The second-order valence-corrected chi connectivity index (χ2v) is 11.1. The Morgan fingerprint density at radius 3 is 2.60 bits per heavy atom. The third-order valence-electron chi connectivity index (χ3n) is 7.85. The molecule has 0 unspecified atom stereocenters. The number of hydrogen-bond acceptors (Lipinski definition) is 8. The Morgan fingerprint density at radius 2 is 1.79 bits per heavy atom. The minimum absolute atomic E-state index is 0.0142. The van der Waals surface area contributed by atoms with Crippen LogP contribution in [0, 0.1) is 5.92 Å². The molecule has 0 radical (unpaired) electrons. The van der Waals surface area contributed by atoms with Gasteiger partial charge in [0.15, 0.2) is 23.0 Å². The van der Waals surface area contributed by atoms with Crippen LogP contribution in [0.1, 0.15) is 36.2 Å². The topological polar surface area (TPSA) is 87.7 Å². The van der Waals surface area contributed by atoms with Gasteiger partial charge in [-0.25, -0.2) is 0 Å². The van der Waals surface area contributed by atoms with Gasteiger partial charge in [0.2, 0.25) is 6.79 Å². The van der Waals surface area contributed by atoms with Crippen LogP contribution in [-0.4, -0.2) is 76.8 Å². The monoisotopic (exact) mass is 590 g/mol. The lowest BCUT2D eigenvalue weighted by Gasteiger charge is -2.31. The van der Waals surface area contributed by atoms with Crippen LogP contribution in [0.4, 0.5) is 0 Å². The van der Waals surface area contributed by atoms with Crippen molar-refractivity contribution in [1.82, 2.24) is 10.2 Å². The highest BCUT2D eigenvalue weighted by Gasteiger charge is 2.32. The van der Waals surface area contributed by atoms with Crippen molar-refractivity contribution in [3.63, 3.8) is 0 Å². The maximum atomic E-state index is 13.8. The number of rotatable bonds is 14. The zero-order chi connectivity index (χ0) is 30.2. The van der Waals surface area contributed by atoms with Gasteiger partial charge < -0.3 is 38.6 Å². The molecule has 0 aromatic heterocycles. The Morgan fingerprint density at radius 1 is 0.953 bits per heavy atom. The molecule has 0 aliphatic carbocycles. The summed E-state index contributed by atoms with van der Waals surface area (Å²) in [7, 11) is 3.26. The molecule has 43 heavy (non-hydrogen) atoms. The maximum absolute atomic E-state index is 13.8. The molecule has 230 valence electrons. The third-order valence-corrected chi connectivity index (χ3v) is 7.85. The molecule has 3 aromatic carbocycles. The molecule has 1 saturated heterocycles. The van der Waals surface area contributed by atoms with Crippen LogP contribution in [0.25, 0.3) is 11.1 Å². The van der Waals surface area contributed by atoms with E-state index in [0.29, 0.717) is 43.4 Å². The van der Waals surface area contributed by atoms with Crippen LogP contribution < -0.4 is 24.3 Å². The average Bonchev–Trinajstić information content (AvgIpc) is 3.69. The van der Waals surface area contributed by atoms with E-state index in [0.717, 1.165) is 47.7 Å². The number of nitrogens with zero attached hydrogens (tertiary/aromatic N) is 1. The molecule has 5 rings (SSSR count). The van der Waals surface area contributed by atoms with Crippen molar-refractivity contribution in [2.75, 3.05) is 53.9 Å². The summed E-state index contributed by atoms with van der Waals surface area (Å²) in [5.41, 5.74) is 3.83. The van der Waals surface area contributed by atoms with Crippen LogP contribution in [-0.2, 0) is 16.1 Å². The van der Waals surface area contributed by atoms with Gasteiger partial charge in [0, 0.05) is 57.3 Å². The summed E-state index contributed by atoms with van der Waals surface area (Å²) >= 11 is 0. The number of nitrogens with one attached hydrogen (secondary N) is 1. The van der Waals surface area contributed by atoms with E-state index in [-0.39, 0.29) is 30.8 Å². The van der Waals surface area contributed by atoms with Crippen molar-refractivity contribution >= 4 is 5.91 Å². The first-order valence-corrected chi connectivity index (χ1v) is 14.9. The van der Waals surface area contributed by atoms with Crippen LogP contribution in [0.15, 0.2) is 60.7 Å². The minimum atomic E-state index is -0.0403. The first-order valence-electron chi connectivity index (χ1n) is 14.9. The van der Waals surface area contributed by atoms with Gasteiger partial charge in [-0.1, -0.05) is 24.3 Å². The molecule has 1 amide bonds. The summed E-state index contributed by atoms with van der Waals surface area (Å²) in [6.07, 6.45) is 0.730. The molecule has 2 aliphatic rings. The molecule has 9 heteroatoms. The Labute approximate surface area is 254 Å². The van der Waals surface area contributed by atoms with Crippen molar-refractivity contribution in [2.45, 2.75) is 39.0 Å². The van der Waals surface area contributed by atoms with E-state index in [9.17, 15) is 4.79 Å². The van der Waals surface area contributed by atoms with Gasteiger partial charge in [-0.05, 0) is 66.9 Å². The Hall–Kier alpha value is -3.79. The molecule has 1 N–H and O–H groups in total. The number of methoxy groups -OCH3 is 2. The van der Waals surface area contributed by atoms with Gasteiger partial charge in [0.05, 0.1) is 26.4 Å². The fraction of sp³-hybridized carbons (Fsp3) is 0.441. The van der Waals surface area contributed by atoms with E-state index in [2.05, 4.69) is 23.5 Å². The number of carbonyl (C=O) groups excluding carboxylic acids is 1. The fourth-order valence-electron chi connectivity index (χ4n) is 5.46. The van der Waals surface area contributed by atoms with Gasteiger partial charge in [0.1, 0.15) is 0 Å². The predicted molar refractivity (Wildman–Crippen MR) is 164 cm³/mol. The van der Waals surface area contributed by atoms with Crippen molar-refractivity contribution in [1.29, 1.82) is 0 Å². The normalized spacial score (nSPS) is 17.3. The zero-order valence-electron chi connectivity index (χ0n) is 25.5. The van der Waals surface area contributed by atoms with Gasteiger partial charge >= 0.3 is 0 Å². The van der Waals surface area contributed by atoms with Crippen molar-refractivity contribution in [2.24, 2.45) is 5.92 Å². The number of fused-ring (bicyclic) bond motifs is 1. The minimum Gasteiger partial charge on any atom is -0.493 e. The third kappa shape index (κ3) is 7.60. The van der Waals surface area contributed by atoms with E-state index >= 15 is 0 Å². The summed E-state index contributed by atoms with van der Waals surface area (Å²) in [6.45, 7) is 8.03. The summed E-state index contributed by atoms with van der Waals surface area (Å²) in [5.74, 6) is 2.81. The Kier molecular flexibility index (Phi) is 10.4. The van der Waals surface area contributed by atoms with Crippen molar-refractivity contribution < 1.29 is 33.2 Å². The lowest BCUT2D eigenvalue weighted by atomic mass is 10.0. The van der Waals surface area contributed by atoms with E-state index in [1.165, 1.54) is 0 Å². The van der Waals surface area contributed by atoms with Crippen LogP contribution in [0.2, 0.25) is 0 Å². The fourth-order valence-corrected chi connectivity index (χ4v) is 5.46. The molecule has 0 saturated carbocycles. The van der Waals surface area contributed by atoms with Crippen molar-refractivity contribution in [3.8, 4) is 34.1 Å². The Bertz CT molecular complexity index is 1380. The number of benzene rings is 3. The van der Waals surface area contributed by atoms with Crippen LogP contribution in [0.5, 0.6) is 23.0 Å². The quantitative estimate of drug-likeness (QED) is 0.258. The standard InChI is InChI=1S/C34H42N2O7/c1-23(2)36(34(37)27-10-11-29(39-4)31(17-27)40-14-6-13-38-3)20-28-18-35-19-33(28)41-21-24-7-5-8-25(15-24)26-9-12-30-32(16-26)43-22-42-30/h5,7-12,15-17,23,28,33,35H,6,13-14,18-22H2,1-4H3/t28-,33+/m0/s1. The molecule has 2 aliphatic heterocycles. The van der Waals surface area contributed by atoms with E-state index in [1.807, 2.05) is 43.0 Å². The first-order chi connectivity index (χ1) is 21.0. The second-order valence-electron chi connectivity index (χ2n) is 11.1. The number of carbonyl (C=O) groups is 1.